The van der Waals surface area contributed by atoms with Crippen molar-refractivity contribution in [2.45, 2.75) is 75.8 Å². The fourth-order valence-corrected chi connectivity index (χ4v) is 4.46. The van der Waals surface area contributed by atoms with Gasteiger partial charge in [-0.05, 0) is 75.4 Å². The molecule has 3 rings (SSSR count). The molecule has 0 aliphatic heterocycles. The second kappa shape index (κ2) is 11.5. The van der Waals surface area contributed by atoms with Crippen LogP contribution in [0.1, 0.15) is 58.4 Å². The van der Waals surface area contributed by atoms with Crippen LogP contribution >= 0.6 is 11.9 Å². The van der Waals surface area contributed by atoms with Crippen molar-refractivity contribution in [1.82, 2.24) is 10.0 Å². The third kappa shape index (κ3) is 7.99. The summed E-state index contributed by atoms with van der Waals surface area (Å²) in [6.45, 7) is 6.34. The number of hydrogen-bond acceptors (Lipinski definition) is 4. The highest BCUT2D eigenvalue weighted by molar-refractivity contribution is 7.97. The maximum Gasteiger partial charge on any atom is 0.247 e. The Kier molecular flexibility index (Phi) is 8.76. The van der Waals surface area contributed by atoms with Gasteiger partial charge in [0.15, 0.2) is 0 Å². The average molecular weight is 454 g/mol. The molecule has 0 saturated heterocycles. The van der Waals surface area contributed by atoms with Crippen molar-refractivity contribution in [2.24, 2.45) is 5.92 Å². The molecule has 2 amide bonds. The fraction of sp³-hybridized carbons (Fsp3) is 0.462. The van der Waals surface area contributed by atoms with Crippen molar-refractivity contribution in [1.29, 1.82) is 0 Å². The summed E-state index contributed by atoms with van der Waals surface area (Å²) in [5, 5.41) is 6.03. The van der Waals surface area contributed by atoms with E-state index >= 15 is 0 Å². The van der Waals surface area contributed by atoms with Gasteiger partial charge in [-0.2, -0.15) is 0 Å². The number of hydrogen-bond donors (Lipinski definition) is 3. The number of rotatable bonds is 8. The Labute approximate surface area is 196 Å². The predicted octanol–water partition coefficient (Wildman–Crippen LogP) is 5.33. The Morgan fingerprint density at radius 1 is 0.969 bits per heavy atom. The lowest BCUT2D eigenvalue weighted by Crippen LogP contribution is -2.47. The summed E-state index contributed by atoms with van der Waals surface area (Å²) >= 11 is 1.57. The highest BCUT2D eigenvalue weighted by Crippen LogP contribution is 2.24. The Hall–Kier alpha value is -2.31. The van der Waals surface area contributed by atoms with Gasteiger partial charge in [-0.1, -0.05) is 49.6 Å². The lowest BCUT2D eigenvalue weighted by Gasteiger charge is -2.25. The smallest absolute Gasteiger partial charge is 0.247 e. The van der Waals surface area contributed by atoms with Gasteiger partial charge in [-0.15, -0.1) is 0 Å². The van der Waals surface area contributed by atoms with Crippen molar-refractivity contribution in [3.8, 4) is 0 Å². The van der Waals surface area contributed by atoms with Gasteiger partial charge in [-0.3, -0.25) is 14.3 Å². The molecule has 1 aliphatic rings. The maximum absolute atomic E-state index is 13.1. The molecule has 2 aromatic rings. The van der Waals surface area contributed by atoms with Crippen LogP contribution in [-0.2, 0) is 16.0 Å². The van der Waals surface area contributed by atoms with E-state index in [1.54, 1.807) is 11.9 Å². The van der Waals surface area contributed by atoms with E-state index in [-0.39, 0.29) is 23.3 Å². The van der Waals surface area contributed by atoms with Gasteiger partial charge < -0.3 is 10.6 Å². The summed E-state index contributed by atoms with van der Waals surface area (Å²) in [5.41, 5.74) is 1.76. The monoisotopic (exact) mass is 453 g/mol. The lowest BCUT2D eigenvalue weighted by molar-refractivity contribution is -0.130. The minimum Gasteiger partial charge on any atom is -0.344 e. The summed E-state index contributed by atoms with van der Waals surface area (Å²) in [4.78, 5) is 27.1. The van der Waals surface area contributed by atoms with Crippen molar-refractivity contribution < 1.29 is 9.59 Å². The summed E-state index contributed by atoms with van der Waals surface area (Å²) in [6, 6.07) is 17.0. The predicted molar refractivity (Wildman–Crippen MR) is 132 cm³/mol. The quantitative estimate of drug-likeness (QED) is 0.473. The van der Waals surface area contributed by atoms with E-state index in [9.17, 15) is 9.59 Å². The van der Waals surface area contributed by atoms with Crippen LogP contribution in [0, 0.1) is 5.92 Å². The Balaban J connectivity index is 1.65. The average Bonchev–Trinajstić information content (AvgIpc) is 2.79. The number of carbonyl (C=O) groups excluding carboxylic acids is 2. The van der Waals surface area contributed by atoms with Gasteiger partial charge in [-0.25, -0.2) is 0 Å². The van der Waals surface area contributed by atoms with Gasteiger partial charge in [0.1, 0.15) is 6.04 Å². The summed E-state index contributed by atoms with van der Waals surface area (Å²) in [7, 11) is 0. The topological polar surface area (TPSA) is 70.2 Å². The molecule has 1 atom stereocenters. The first-order valence-corrected chi connectivity index (χ1v) is 12.3. The highest BCUT2D eigenvalue weighted by atomic mass is 32.2. The van der Waals surface area contributed by atoms with Gasteiger partial charge in [0.05, 0.1) is 0 Å². The van der Waals surface area contributed by atoms with E-state index in [0.717, 1.165) is 41.8 Å². The molecule has 6 heteroatoms. The molecule has 0 unspecified atom stereocenters. The molecule has 0 heterocycles. The molecule has 0 spiro atoms. The molecule has 3 N–H and O–H groups in total. The van der Waals surface area contributed by atoms with Gasteiger partial charge in [0.25, 0.3) is 0 Å². The third-order valence-electron chi connectivity index (χ3n) is 5.49. The van der Waals surface area contributed by atoms with Crippen molar-refractivity contribution in [3.05, 3.63) is 60.2 Å². The largest absolute Gasteiger partial charge is 0.344 e. The van der Waals surface area contributed by atoms with Crippen LogP contribution in [0.25, 0.3) is 0 Å². The molecule has 32 heavy (non-hydrogen) atoms. The van der Waals surface area contributed by atoms with Crippen LogP contribution in [0.2, 0.25) is 0 Å². The minimum absolute atomic E-state index is 0.000726. The van der Waals surface area contributed by atoms with Crippen molar-refractivity contribution >= 4 is 29.4 Å². The van der Waals surface area contributed by atoms with E-state index < -0.39 is 6.04 Å². The van der Waals surface area contributed by atoms with Crippen LogP contribution in [0.15, 0.2) is 59.5 Å². The molecular formula is C26H35N3O2S. The van der Waals surface area contributed by atoms with Gasteiger partial charge in [0.2, 0.25) is 11.8 Å². The van der Waals surface area contributed by atoms with E-state index in [4.69, 9.17) is 0 Å². The van der Waals surface area contributed by atoms with Crippen LogP contribution in [0.4, 0.5) is 5.69 Å². The molecule has 1 fully saturated rings. The van der Waals surface area contributed by atoms with Crippen molar-refractivity contribution in [2.75, 3.05) is 5.32 Å². The fourth-order valence-electron chi connectivity index (χ4n) is 3.76. The summed E-state index contributed by atoms with van der Waals surface area (Å²) < 4.78 is 3.38. The zero-order valence-electron chi connectivity index (χ0n) is 19.3. The maximum atomic E-state index is 13.1. The number of anilines is 1. The molecule has 2 aromatic carbocycles. The van der Waals surface area contributed by atoms with Crippen LogP contribution < -0.4 is 15.4 Å². The molecular weight excluding hydrogens is 418 g/mol. The molecule has 5 nitrogen and oxygen atoms in total. The molecule has 172 valence electrons. The number of nitrogens with one attached hydrogen (secondary N) is 3. The SMILES string of the molecule is CC(C)(C)NSc1ccc(NC(=O)[C@H](Cc2ccccc2)NC(=O)C2CCCCC2)cc1. The first-order valence-electron chi connectivity index (χ1n) is 11.5. The van der Waals surface area contributed by atoms with E-state index in [0.29, 0.717) is 6.42 Å². The zero-order chi connectivity index (χ0) is 23.0. The molecule has 1 aliphatic carbocycles. The molecule has 1 saturated carbocycles. The zero-order valence-corrected chi connectivity index (χ0v) is 20.1. The second-order valence-corrected chi connectivity index (χ2v) is 10.4. The number of benzene rings is 2. The van der Waals surface area contributed by atoms with Crippen LogP contribution in [0.5, 0.6) is 0 Å². The second-order valence-electron chi connectivity index (χ2n) is 9.55. The molecule has 0 bridgehead atoms. The lowest BCUT2D eigenvalue weighted by atomic mass is 9.88. The third-order valence-corrected chi connectivity index (χ3v) is 6.71. The van der Waals surface area contributed by atoms with Gasteiger partial charge >= 0.3 is 0 Å². The molecule has 0 aromatic heterocycles. The Bertz CT molecular complexity index is 872. The van der Waals surface area contributed by atoms with E-state index in [1.165, 1.54) is 6.42 Å². The van der Waals surface area contributed by atoms with Crippen LogP contribution in [-0.4, -0.2) is 23.4 Å². The van der Waals surface area contributed by atoms with E-state index in [1.807, 2.05) is 54.6 Å². The normalized spacial score (nSPS) is 15.7. The van der Waals surface area contributed by atoms with Crippen LogP contribution in [0.3, 0.4) is 0 Å². The minimum atomic E-state index is -0.608. The van der Waals surface area contributed by atoms with Crippen molar-refractivity contribution in [3.63, 3.8) is 0 Å². The standard InChI is InChI=1S/C26H35N3O2S/c1-26(2,3)29-32-22-16-14-21(15-17-22)27-25(31)23(18-19-10-6-4-7-11-19)28-24(30)20-12-8-5-9-13-20/h4,6-7,10-11,14-17,20,23,29H,5,8-9,12-13,18H2,1-3H3,(H,27,31)(H,28,30)/t23-/m0/s1. The first kappa shape index (κ1) is 24.3. The Morgan fingerprint density at radius 3 is 2.25 bits per heavy atom. The summed E-state index contributed by atoms with van der Waals surface area (Å²) in [6.07, 6.45) is 5.65. The number of carbonyl (C=O) groups is 2. The number of amides is 2. The highest BCUT2D eigenvalue weighted by Gasteiger charge is 2.27. The van der Waals surface area contributed by atoms with E-state index in [2.05, 4.69) is 36.1 Å². The Morgan fingerprint density at radius 2 is 1.62 bits per heavy atom. The van der Waals surface area contributed by atoms with Gasteiger partial charge in [0, 0.05) is 28.5 Å². The summed E-state index contributed by atoms with van der Waals surface area (Å²) in [5.74, 6) is -0.173. The molecule has 0 radical (unpaired) electrons. The first-order chi connectivity index (χ1) is 15.3.